The lowest BCUT2D eigenvalue weighted by Gasteiger charge is -2.21. The van der Waals surface area contributed by atoms with E-state index in [4.69, 9.17) is 27.9 Å². The van der Waals surface area contributed by atoms with Crippen molar-refractivity contribution in [3.63, 3.8) is 0 Å². The van der Waals surface area contributed by atoms with Gasteiger partial charge in [0, 0.05) is 11.1 Å². The van der Waals surface area contributed by atoms with Crippen molar-refractivity contribution in [1.29, 1.82) is 0 Å². The molecule has 21 heavy (non-hydrogen) atoms. The van der Waals surface area contributed by atoms with Crippen LogP contribution < -0.4 is 10.1 Å². The van der Waals surface area contributed by atoms with Gasteiger partial charge in [0.25, 0.3) is 0 Å². The Hall–Kier alpha value is -1.22. The maximum Gasteiger partial charge on any atom is 0.138 e. The van der Waals surface area contributed by atoms with Crippen LogP contribution >= 0.6 is 23.2 Å². The summed E-state index contributed by atoms with van der Waals surface area (Å²) < 4.78 is 5.21. The number of benzene rings is 2. The van der Waals surface area contributed by atoms with Gasteiger partial charge in [-0.15, -0.1) is 0 Å². The Bertz CT molecular complexity index is 587. The molecule has 0 aliphatic carbocycles. The van der Waals surface area contributed by atoms with Crippen molar-refractivity contribution in [1.82, 2.24) is 5.32 Å². The number of hydrogen-bond donors (Lipinski definition) is 1. The molecule has 0 spiro atoms. The van der Waals surface area contributed by atoms with Crippen LogP contribution in [0.15, 0.2) is 42.5 Å². The minimum absolute atomic E-state index is 0.0158. The van der Waals surface area contributed by atoms with Crippen molar-refractivity contribution in [2.24, 2.45) is 0 Å². The summed E-state index contributed by atoms with van der Waals surface area (Å²) in [6.45, 7) is 3.04. The van der Waals surface area contributed by atoms with Gasteiger partial charge < -0.3 is 10.1 Å². The number of nitrogens with one attached hydrogen (secondary N) is 1. The predicted octanol–water partition coefficient (Wildman–Crippen LogP) is 5.09. The number of rotatable bonds is 6. The maximum absolute atomic E-state index is 6.43. The van der Waals surface area contributed by atoms with Crippen LogP contribution in [0.1, 0.15) is 30.5 Å². The van der Waals surface area contributed by atoms with Gasteiger partial charge in [0.05, 0.1) is 18.2 Å². The van der Waals surface area contributed by atoms with Gasteiger partial charge in [-0.25, -0.2) is 0 Å². The van der Waals surface area contributed by atoms with Crippen LogP contribution in [0.5, 0.6) is 5.75 Å². The highest BCUT2D eigenvalue weighted by Gasteiger charge is 2.18. The number of ether oxygens (including phenoxy) is 1. The zero-order valence-corrected chi connectivity index (χ0v) is 13.7. The smallest absolute Gasteiger partial charge is 0.138 e. The Morgan fingerprint density at radius 1 is 1.10 bits per heavy atom. The molecule has 0 aromatic heterocycles. The third-order valence-corrected chi connectivity index (χ3v) is 3.94. The molecule has 0 heterocycles. The van der Waals surface area contributed by atoms with Gasteiger partial charge in [0.1, 0.15) is 5.75 Å². The van der Waals surface area contributed by atoms with E-state index in [-0.39, 0.29) is 6.04 Å². The van der Waals surface area contributed by atoms with Gasteiger partial charge in [-0.05, 0) is 30.2 Å². The van der Waals surface area contributed by atoms with Gasteiger partial charge in [-0.1, -0.05) is 60.5 Å². The summed E-state index contributed by atoms with van der Waals surface area (Å²) in [4.78, 5) is 0. The van der Waals surface area contributed by atoms with Crippen molar-refractivity contribution in [2.75, 3.05) is 13.7 Å². The first-order valence-electron chi connectivity index (χ1n) is 6.98. The third-order valence-electron chi connectivity index (χ3n) is 3.31. The van der Waals surface area contributed by atoms with Gasteiger partial charge >= 0.3 is 0 Å². The second-order valence-electron chi connectivity index (χ2n) is 4.81. The highest BCUT2D eigenvalue weighted by Crippen LogP contribution is 2.36. The Morgan fingerprint density at radius 3 is 2.43 bits per heavy atom. The Labute approximate surface area is 136 Å². The van der Waals surface area contributed by atoms with Crippen LogP contribution in [0.3, 0.4) is 0 Å². The number of hydrogen-bond acceptors (Lipinski definition) is 2. The molecule has 1 unspecified atom stereocenters. The van der Waals surface area contributed by atoms with Crippen LogP contribution in [0, 0.1) is 0 Å². The molecule has 0 saturated carbocycles. The SMILES string of the molecule is CCCNC(c1ccccc1)c1cc(Cl)c(OC)cc1Cl. The van der Waals surface area contributed by atoms with Gasteiger partial charge in [-0.3, -0.25) is 0 Å². The molecule has 0 fully saturated rings. The van der Waals surface area contributed by atoms with Crippen LogP contribution in [0.25, 0.3) is 0 Å². The van der Waals surface area contributed by atoms with E-state index in [1.54, 1.807) is 13.2 Å². The van der Waals surface area contributed by atoms with Crippen LogP contribution in [-0.4, -0.2) is 13.7 Å². The normalized spacial score (nSPS) is 12.2. The summed E-state index contributed by atoms with van der Waals surface area (Å²) in [5, 5.41) is 4.74. The minimum Gasteiger partial charge on any atom is -0.495 e. The summed E-state index contributed by atoms with van der Waals surface area (Å²) in [7, 11) is 1.58. The number of halogens is 2. The average Bonchev–Trinajstić information content (AvgIpc) is 2.51. The lowest BCUT2D eigenvalue weighted by atomic mass is 9.98. The van der Waals surface area contributed by atoms with Crippen molar-refractivity contribution in [3.8, 4) is 5.75 Å². The molecule has 2 aromatic rings. The number of methoxy groups -OCH3 is 1. The fourth-order valence-electron chi connectivity index (χ4n) is 2.26. The molecule has 1 atom stereocenters. The molecule has 0 saturated heterocycles. The van der Waals surface area contributed by atoms with E-state index in [9.17, 15) is 0 Å². The lowest BCUT2D eigenvalue weighted by molar-refractivity contribution is 0.414. The molecule has 2 aromatic carbocycles. The molecule has 0 radical (unpaired) electrons. The van der Waals surface area contributed by atoms with Gasteiger partial charge in [0.2, 0.25) is 0 Å². The molecule has 112 valence electrons. The average molecular weight is 324 g/mol. The summed E-state index contributed by atoms with van der Waals surface area (Å²) in [5.41, 5.74) is 2.12. The zero-order chi connectivity index (χ0) is 15.2. The molecule has 0 bridgehead atoms. The summed E-state index contributed by atoms with van der Waals surface area (Å²) in [6, 6.07) is 13.9. The van der Waals surface area contributed by atoms with Crippen molar-refractivity contribution in [3.05, 3.63) is 63.6 Å². The molecular formula is C17H19Cl2NO. The van der Waals surface area contributed by atoms with E-state index < -0.39 is 0 Å². The molecular weight excluding hydrogens is 305 g/mol. The maximum atomic E-state index is 6.43. The molecule has 1 N–H and O–H groups in total. The van der Waals surface area contributed by atoms with Crippen LogP contribution in [-0.2, 0) is 0 Å². The van der Waals surface area contributed by atoms with Crippen molar-refractivity contribution < 1.29 is 4.74 Å². The molecule has 0 aliphatic rings. The fourth-order valence-corrected chi connectivity index (χ4v) is 2.78. The first-order valence-corrected chi connectivity index (χ1v) is 7.74. The molecule has 2 nitrogen and oxygen atoms in total. The molecule has 0 aliphatic heterocycles. The quantitative estimate of drug-likeness (QED) is 0.799. The van der Waals surface area contributed by atoms with E-state index in [0.717, 1.165) is 24.1 Å². The van der Waals surface area contributed by atoms with E-state index >= 15 is 0 Å². The topological polar surface area (TPSA) is 21.3 Å². The second kappa shape index (κ2) is 7.69. The van der Waals surface area contributed by atoms with Gasteiger partial charge in [-0.2, -0.15) is 0 Å². The Morgan fingerprint density at radius 2 is 1.81 bits per heavy atom. The zero-order valence-electron chi connectivity index (χ0n) is 12.2. The monoisotopic (exact) mass is 323 g/mol. The van der Waals surface area contributed by atoms with E-state index in [1.807, 2.05) is 24.3 Å². The van der Waals surface area contributed by atoms with E-state index in [0.29, 0.717) is 15.8 Å². The van der Waals surface area contributed by atoms with Crippen molar-refractivity contribution in [2.45, 2.75) is 19.4 Å². The Kier molecular flexibility index (Phi) is 5.92. The second-order valence-corrected chi connectivity index (χ2v) is 5.62. The van der Waals surface area contributed by atoms with Gasteiger partial charge in [0.15, 0.2) is 0 Å². The van der Waals surface area contributed by atoms with Crippen LogP contribution in [0.2, 0.25) is 10.0 Å². The summed E-state index contributed by atoms with van der Waals surface area (Å²) in [6.07, 6.45) is 1.05. The third kappa shape index (κ3) is 3.91. The molecule has 4 heteroatoms. The van der Waals surface area contributed by atoms with E-state index in [1.165, 1.54) is 0 Å². The first kappa shape index (κ1) is 16.2. The predicted molar refractivity (Wildman–Crippen MR) is 89.6 cm³/mol. The molecule has 0 amide bonds. The first-order chi connectivity index (χ1) is 10.2. The van der Waals surface area contributed by atoms with E-state index in [2.05, 4.69) is 24.4 Å². The Balaban J connectivity index is 2.44. The minimum atomic E-state index is 0.0158. The summed E-state index contributed by atoms with van der Waals surface area (Å²) in [5.74, 6) is 0.590. The largest absolute Gasteiger partial charge is 0.495 e. The lowest BCUT2D eigenvalue weighted by Crippen LogP contribution is -2.23. The summed E-state index contributed by atoms with van der Waals surface area (Å²) >= 11 is 12.7. The standard InChI is InChI=1S/C17H19Cl2NO/c1-3-9-20-17(12-7-5-4-6-8-12)13-10-15(19)16(21-2)11-14(13)18/h4-8,10-11,17,20H,3,9H2,1-2H3. The highest BCUT2D eigenvalue weighted by atomic mass is 35.5. The molecule has 2 rings (SSSR count). The van der Waals surface area contributed by atoms with Crippen molar-refractivity contribution >= 4 is 23.2 Å². The van der Waals surface area contributed by atoms with Crippen LogP contribution in [0.4, 0.5) is 0 Å². The highest BCUT2D eigenvalue weighted by molar-refractivity contribution is 6.34. The fraction of sp³-hybridized carbons (Fsp3) is 0.294.